The van der Waals surface area contributed by atoms with Crippen molar-refractivity contribution < 1.29 is 17.9 Å². The molecule has 0 heterocycles. The second-order valence-corrected chi connectivity index (χ2v) is 9.39. The molecule has 0 bridgehead atoms. The molecule has 1 amide bonds. The van der Waals surface area contributed by atoms with Gasteiger partial charge >= 0.3 is 0 Å². The normalized spacial score (nSPS) is 12.2. The van der Waals surface area contributed by atoms with Crippen molar-refractivity contribution in [2.24, 2.45) is 0 Å². The lowest BCUT2D eigenvalue weighted by Crippen LogP contribution is -2.48. The zero-order valence-electron chi connectivity index (χ0n) is 18.5. The molecule has 0 aliphatic rings. The number of amides is 1. The Morgan fingerprint density at radius 3 is 2.12 bits per heavy atom. The number of benzene rings is 3. The third kappa shape index (κ3) is 5.96. The van der Waals surface area contributed by atoms with Crippen molar-refractivity contribution in [2.75, 3.05) is 14.2 Å². The summed E-state index contributed by atoms with van der Waals surface area (Å²) in [5.41, 5.74) is 2.53. The Morgan fingerprint density at radius 1 is 0.969 bits per heavy atom. The first kappa shape index (κ1) is 23.5. The van der Waals surface area contributed by atoms with Crippen LogP contribution in [0.25, 0.3) is 0 Å². The van der Waals surface area contributed by atoms with E-state index in [0.29, 0.717) is 17.9 Å². The van der Waals surface area contributed by atoms with E-state index in [1.165, 1.54) is 13.2 Å². The van der Waals surface area contributed by atoms with Crippen molar-refractivity contribution in [1.29, 1.82) is 0 Å². The first-order valence-electron chi connectivity index (χ1n) is 10.3. The minimum atomic E-state index is -3.93. The average molecular weight is 453 g/mol. The number of aryl methyl sites for hydroxylation is 1. The van der Waals surface area contributed by atoms with Crippen LogP contribution in [-0.4, -0.2) is 39.4 Å². The number of hydrogen-bond donors (Lipinski definition) is 1. The number of carbonyl (C=O) groups is 1. The second-order valence-electron chi connectivity index (χ2n) is 7.67. The van der Waals surface area contributed by atoms with Gasteiger partial charge in [-0.25, -0.2) is 8.42 Å². The molecule has 0 spiro atoms. The van der Waals surface area contributed by atoms with E-state index in [9.17, 15) is 13.2 Å². The Hall–Kier alpha value is -3.16. The van der Waals surface area contributed by atoms with Gasteiger partial charge in [-0.05, 0) is 48.2 Å². The predicted molar refractivity (Wildman–Crippen MR) is 125 cm³/mol. The van der Waals surface area contributed by atoms with E-state index in [1.54, 1.807) is 31.0 Å². The van der Waals surface area contributed by atoms with Crippen LogP contribution in [0.15, 0.2) is 83.8 Å². The molecule has 0 radical (unpaired) electrons. The van der Waals surface area contributed by atoms with Crippen molar-refractivity contribution >= 4 is 15.9 Å². The first-order valence-corrected chi connectivity index (χ1v) is 11.8. The summed E-state index contributed by atoms with van der Waals surface area (Å²) in [7, 11) is -0.718. The van der Waals surface area contributed by atoms with Gasteiger partial charge in [0.1, 0.15) is 11.8 Å². The molecule has 7 heteroatoms. The lowest BCUT2D eigenvalue weighted by molar-refractivity contribution is -0.132. The molecule has 0 unspecified atom stereocenters. The fraction of sp³-hybridized carbons (Fsp3) is 0.240. The van der Waals surface area contributed by atoms with Crippen molar-refractivity contribution in [3.63, 3.8) is 0 Å². The van der Waals surface area contributed by atoms with Crippen molar-refractivity contribution in [2.45, 2.75) is 30.8 Å². The quantitative estimate of drug-likeness (QED) is 0.539. The molecule has 6 nitrogen and oxygen atoms in total. The third-order valence-electron chi connectivity index (χ3n) is 5.19. The summed E-state index contributed by atoms with van der Waals surface area (Å²) in [5, 5.41) is 0. The smallest absolute Gasteiger partial charge is 0.241 e. The number of methoxy groups -OCH3 is 1. The van der Waals surface area contributed by atoms with Gasteiger partial charge in [0.15, 0.2) is 0 Å². The van der Waals surface area contributed by atoms with Gasteiger partial charge in [-0.2, -0.15) is 4.72 Å². The standard InChI is InChI=1S/C25H28N2O4S/c1-19-16-22(14-15-24(19)31-3)32(29,30)26-23(17-20-10-6-4-7-11-20)25(28)27(2)18-21-12-8-5-9-13-21/h4-16,23,26H,17-18H2,1-3H3/t23-/m1/s1. The van der Waals surface area contributed by atoms with Crippen LogP contribution in [0.1, 0.15) is 16.7 Å². The zero-order valence-corrected chi connectivity index (χ0v) is 19.3. The van der Waals surface area contributed by atoms with Crippen LogP contribution < -0.4 is 9.46 Å². The molecule has 0 aromatic heterocycles. The molecule has 1 atom stereocenters. The molecule has 3 aromatic carbocycles. The van der Waals surface area contributed by atoms with Crippen molar-refractivity contribution in [3.8, 4) is 5.75 Å². The van der Waals surface area contributed by atoms with Gasteiger partial charge in [-0.3, -0.25) is 4.79 Å². The van der Waals surface area contributed by atoms with Crippen molar-refractivity contribution in [3.05, 3.63) is 95.6 Å². The number of rotatable bonds is 9. The predicted octanol–water partition coefficient (Wildman–Crippen LogP) is 3.55. The highest BCUT2D eigenvalue weighted by molar-refractivity contribution is 7.89. The number of hydrogen-bond acceptors (Lipinski definition) is 4. The summed E-state index contributed by atoms with van der Waals surface area (Å²) in [4.78, 5) is 14.9. The van der Waals surface area contributed by atoms with Gasteiger partial charge in [0.2, 0.25) is 15.9 Å². The molecule has 0 fully saturated rings. The lowest BCUT2D eigenvalue weighted by atomic mass is 10.1. The molecule has 0 saturated carbocycles. The van der Waals surface area contributed by atoms with E-state index in [1.807, 2.05) is 60.7 Å². The Kier molecular flexibility index (Phi) is 7.66. The molecule has 32 heavy (non-hydrogen) atoms. The molecule has 0 saturated heterocycles. The molecule has 0 aliphatic heterocycles. The van der Waals surface area contributed by atoms with Crippen LogP contribution in [-0.2, 0) is 27.8 Å². The molecular formula is C25H28N2O4S. The maximum Gasteiger partial charge on any atom is 0.241 e. The number of nitrogens with one attached hydrogen (secondary N) is 1. The van der Waals surface area contributed by atoms with E-state index in [0.717, 1.165) is 11.1 Å². The Morgan fingerprint density at radius 2 is 1.56 bits per heavy atom. The van der Waals surface area contributed by atoms with Crippen LogP contribution in [0.4, 0.5) is 0 Å². The van der Waals surface area contributed by atoms with Crippen LogP contribution in [0.5, 0.6) is 5.75 Å². The van der Waals surface area contributed by atoms with Gasteiger partial charge in [0, 0.05) is 13.6 Å². The van der Waals surface area contributed by atoms with E-state index in [2.05, 4.69) is 4.72 Å². The van der Waals surface area contributed by atoms with Crippen LogP contribution in [0.3, 0.4) is 0 Å². The Balaban J connectivity index is 1.86. The van der Waals surface area contributed by atoms with Crippen LogP contribution >= 0.6 is 0 Å². The molecule has 1 N–H and O–H groups in total. The maximum absolute atomic E-state index is 13.3. The van der Waals surface area contributed by atoms with Crippen LogP contribution in [0, 0.1) is 6.92 Å². The summed E-state index contributed by atoms with van der Waals surface area (Å²) >= 11 is 0. The highest BCUT2D eigenvalue weighted by Gasteiger charge is 2.28. The number of nitrogens with zero attached hydrogens (tertiary/aromatic N) is 1. The summed E-state index contributed by atoms with van der Waals surface area (Å²) < 4.78 is 34.1. The Bertz CT molecular complexity index is 1150. The second kappa shape index (κ2) is 10.4. The maximum atomic E-state index is 13.3. The van der Waals surface area contributed by atoms with Gasteiger partial charge in [0.25, 0.3) is 0 Å². The SMILES string of the molecule is COc1ccc(S(=O)(=O)N[C@H](Cc2ccccc2)C(=O)N(C)Cc2ccccc2)cc1C. The van der Waals surface area contributed by atoms with Gasteiger partial charge in [-0.15, -0.1) is 0 Å². The number of carbonyl (C=O) groups excluding carboxylic acids is 1. The summed E-state index contributed by atoms with van der Waals surface area (Å²) in [5.74, 6) is 0.301. The number of ether oxygens (including phenoxy) is 1. The minimum absolute atomic E-state index is 0.0902. The highest BCUT2D eigenvalue weighted by Crippen LogP contribution is 2.22. The van der Waals surface area contributed by atoms with E-state index < -0.39 is 16.1 Å². The number of likely N-dealkylation sites (N-methyl/N-ethyl adjacent to an activating group) is 1. The third-order valence-corrected chi connectivity index (χ3v) is 6.66. The summed E-state index contributed by atoms with van der Waals surface area (Å²) in [6, 6.07) is 22.6. The van der Waals surface area contributed by atoms with E-state index >= 15 is 0 Å². The molecule has 0 aliphatic carbocycles. The number of sulfonamides is 1. The van der Waals surface area contributed by atoms with Gasteiger partial charge < -0.3 is 9.64 Å². The van der Waals surface area contributed by atoms with E-state index in [4.69, 9.17) is 4.74 Å². The average Bonchev–Trinajstić information content (AvgIpc) is 2.79. The van der Waals surface area contributed by atoms with Gasteiger partial charge in [-0.1, -0.05) is 60.7 Å². The topological polar surface area (TPSA) is 75.7 Å². The molecule has 3 aromatic rings. The fourth-order valence-electron chi connectivity index (χ4n) is 3.50. The first-order chi connectivity index (χ1) is 15.3. The molecular weight excluding hydrogens is 424 g/mol. The minimum Gasteiger partial charge on any atom is -0.496 e. The summed E-state index contributed by atoms with van der Waals surface area (Å²) in [6.45, 7) is 2.16. The zero-order chi connectivity index (χ0) is 23.1. The van der Waals surface area contributed by atoms with E-state index in [-0.39, 0.29) is 17.2 Å². The van der Waals surface area contributed by atoms with Gasteiger partial charge in [0.05, 0.1) is 12.0 Å². The van der Waals surface area contributed by atoms with Crippen molar-refractivity contribution in [1.82, 2.24) is 9.62 Å². The Labute approximate surface area is 189 Å². The monoisotopic (exact) mass is 452 g/mol. The molecule has 3 rings (SSSR count). The largest absolute Gasteiger partial charge is 0.496 e. The summed E-state index contributed by atoms with van der Waals surface area (Å²) in [6.07, 6.45) is 0.243. The fourth-order valence-corrected chi connectivity index (χ4v) is 4.78. The lowest BCUT2D eigenvalue weighted by Gasteiger charge is -2.25. The molecule has 168 valence electrons. The highest BCUT2D eigenvalue weighted by atomic mass is 32.2. The van der Waals surface area contributed by atoms with Crippen LogP contribution in [0.2, 0.25) is 0 Å².